The van der Waals surface area contributed by atoms with Gasteiger partial charge >= 0.3 is 0 Å². The van der Waals surface area contributed by atoms with Crippen LogP contribution in [0, 0.1) is 0 Å². The van der Waals surface area contributed by atoms with E-state index in [1.165, 1.54) is 18.9 Å². The fraction of sp³-hybridized carbons (Fsp3) is 0.467. The monoisotopic (exact) mass is 310 g/mol. The molecule has 1 aromatic rings. The van der Waals surface area contributed by atoms with Crippen LogP contribution in [0.5, 0.6) is 5.75 Å². The van der Waals surface area contributed by atoms with Crippen molar-refractivity contribution in [2.45, 2.75) is 19.8 Å². The zero-order valence-corrected chi connectivity index (χ0v) is 13.0. The number of hydrogen-bond donors (Lipinski definition) is 0. The third kappa shape index (κ3) is 3.67. The molecule has 0 aliphatic carbocycles. The summed E-state index contributed by atoms with van der Waals surface area (Å²) in [4.78, 5) is 27.4. The molecule has 1 aromatic carbocycles. The van der Waals surface area contributed by atoms with Crippen molar-refractivity contribution in [3.8, 4) is 5.75 Å². The van der Waals surface area contributed by atoms with Gasteiger partial charge in [0.1, 0.15) is 12.3 Å². The third-order valence-electron chi connectivity index (χ3n) is 3.56. The second-order valence-electron chi connectivity index (χ2n) is 5.01. The van der Waals surface area contributed by atoms with E-state index in [2.05, 4.69) is 0 Å². The minimum absolute atomic E-state index is 0.00599. The Labute approximate surface area is 129 Å². The molecule has 0 radical (unpaired) electrons. The Kier molecular flexibility index (Phi) is 5.07. The largest absolute Gasteiger partial charge is 0.495 e. The average molecular weight is 311 g/mol. The molecule has 0 N–H and O–H groups in total. The van der Waals surface area contributed by atoms with Crippen LogP contribution < -0.4 is 9.64 Å². The molecule has 1 heterocycles. The van der Waals surface area contributed by atoms with E-state index in [1.807, 2.05) is 0 Å². The molecular weight excluding hydrogens is 292 g/mol. The van der Waals surface area contributed by atoms with Gasteiger partial charge in [0, 0.05) is 25.0 Å². The molecule has 0 atom stereocenters. The van der Waals surface area contributed by atoms with Crippen LogP contribution in [-0.2, 0) is 9.59 Å². The predicted octanol–water partition coefficient (Wildman–Crippen LogP) is 2.32. The molecule has 2 rings (SSSR count). The molecule has 0 saturated carbocycles. The van der Waals surface area contributed by atoms with Crippen LogP contribution in [0.1, 0.15) is 19.8 Å². The molecule has 0 aromatic heterocycles. The van der Waals surface area contributed by atoms with Crippen molar-refractivity contribution in [3.63, 3.8) is 0 Å². The molecule has 0 bridgehead atoms. The standard InChI is InChI=1S/C15H19ClN2O3/c1-11(19)18(10-15(20)17-7-3-4-8-17)13-9-12(16)5-6-14(13)21-2/h5-6,9H,3-4,7-8,10H2,1-2H3. The van der Waals surface area contributed by atoms with Crippen molar-refractivity contribution in [2.75, 3.05) is 31.6 Å². The lowest BCUT2D eigenvalue weighted by atomic mass is 10.2. The minimum atomic E-state index is -0.219. The number of ether oxygens (including phenoxy) is 1. The van der Waals surface area contributed by atoms with Crippen LogP contribution >= 0.6 is 11.6 Å². The minimum Gasteiger partial charge on any atom is -0.495 e. The number of anilines is 1. The lowest BCUT2D eigenvalue weighted by Gasteiger charge is -2.25. The molecule has 2 amide bonds. The summed E-state index contributed by atoms with van der Waals surface area (Å²) < 4.78 is 5.26. The van der Waals surface area contributed by atoms with Gasteiger partial charge < -0.3 is 9.64 Å². The second kappa shape index (κ2) is 6.80. The Morgan fingerprint density at radius 3 is 2.57 bits per heavy atom. The fourth-order valence-electron chi connectivity index (χ4n) is 2.44. The van der Waals surface area contributed by atoms with E-state index in [4.69, 9.17) is 16.3 Å². The van der Waals surface area contributed by atoms with Gasteiger partial charge in [0.05, 0.1) is 12.8 Å². The zero-order valence-electron chi connectivity index (χ0n) is 12.3. The van der Waals surface area contributed by atoms with Crippen molar-refractivity contribution < 1.29 is 14.3 Å². The number of halogens is 1. The molecular formula is C15H19ClN2O3. The first-order valence-electron chi connectivity index (χ1n) is 6.92. The normalized spacial score (nSPS) is 14.1. The van der Waals surface area contributed by atoms with Gasteiger partial charge in [-0.05, 0) is 31.0 Å². The maximum Gasteiger partial charge on any atom is 0.242 e. The first-order chi connectivity index (χ1) is 10.0. The van der Waals surface area contributed by atoms with E-state index >= 15 is 0 Å². The first kappa shape index (κ1) is 15.6. The summed E-state index contributed by atoms with van der Waals surface area (Å²) in [5, 5.41) is 0.491. The number of hydrogen-bond acceptors (Lipinski definition) is 3. The number of methoxy groups -OCH3 is 1. The van der Waals surface area contributed by atoms with Gasteiger partial charge in [-0.15, -0.1) is 0 Å². The van der Waals surface area contributed by atoms with E-state index in [0.29, 0.717) is 16.5 Å². The molecule has 1 aliphatic rings. The number of amides is 2. The molecule has 6 heteroatoms. The summed E-state index contributed by atoms with van der Waals surface area (Å²) >= 11 is 6.00. The van der Waals surface area contributed by atoms with Crippen molar-refractivity contribution in [1.29, 1.82) is 0 Å². The molecule has 1 aliphatic heterocycles. The van der Waals surface area contributed by atoms with Crippen LogP contribution in [-0.4, -0.2) is 43.5 Å². The number of benzene rings is 1. The van der Waals surface area contributed by atoms with Crippen molar-refractivity contribution >= 4 is 29.1 Å². The molecule has 1 fully saturated rings. The number of carbonyl (C=O) groups excluding carboxylic acids is 2. The average Bonchev–Trinajstić information content (AvgIpc) is 2.98. The smallest absolute Gasteiger partial charge is 0.242 e. The summed E-state index contributed by atoms with van der Waals surface area (Å²) in [6.45, 7) is 2.96. The number of likely N-dealkylation sites (tertiary alicyclic amines) is 1. The Hall–Kier alpha value is -1.75. The summed E-state index contributed by atoms with van der Waals surface area (Å²) in [5.41, 5.74) is 0.519. The molecule has 0 unspecified atom stereocenters. The van der Waals surface area contributed by atoms with E-state index < -0.39 is 0 Å². The lowest BCUT2D eigenvalue weighted by molar-refractivity contribution is -0.130. The fourth-order valence-corrected chi connectivity index (χ4v) is 2.61. The predicted molar refractivity (Wildman–Crippen MR) is 81.8 cm³/mol. The van der Waals surface area contributed by atoms with Crippen molar-refractivity contribution in [2.24, 2.45) is 0 Å². The highest BCUT2D eigenvalue weighted by Crippen LogP contribution is 2.31. The maximum atomic E-state index is 12.3. The first-order valence-corrected chi connectivity index (χ1v) is 7.30. The van der Waals surface area contributed by atoms with E-state index in [-0.39, 0.29) is 18.4 Å². The highest BCUT2D eigenvalue weighted by atomic mass is 35.5. The number of carbonyl (C=O) groups is 2. The van der Waals surface area contributed by atoms with Crippen LogP contribution in [0.3, 0.4) is 0 Å². The highest BCUT2D eigenvalue weighted by molar-refractivity contribution is 6.31. The summed E-state index contributed by atoms with van der Waals surface area (Å²) in [5.74, 6) is 0.247. The Morgan fingerprint density at radius 2 is 2.00 bits per heavy atom. The van der Waals surface area contributed by atoms with Gasteiger partial charge in [0.15, 0.2) is 0 Å². The van der Waals surface area contributed by atoms with E-state index in [0.717, 1.165) is 25.9 Å². The van der Waals surface area contributed by atoms with Gasteiger partial charge in [0.2, 0.25) is 11.8 Å². The SMILES string of the molecule is COc1ccc(Cl)cc1N(CC(=O)N1CCCC1)C(C)=O. The van der Waals surface area contributed by atoms with Gasteiger partial charge in [-0.1, -0.05) is 11.6 Å². The van der Waals surface area contributed by atoms with Crippen molar-refractivity contribution in [1.82, 2.24) is 4.90 Å². The van der Waals surface area contributed by atoms with Gasteiger partial charge in [-0.2, -0.15) is 0 Å². The quantitative estimate of drug-likeness (QED) is 0.857. The maximum absolute atomic E-state index is 12.3. The van der Waals surface area contributed by atoms with Crippen LogP contribution in [0.25, 0.3) is 0 Å². The van der Waals surface area contributed by atoms with Crippen LogP contribution in [0.4, 0.5) is 5.69 Å². The molecule has 1 saturated heterocycles. The highest BCUT2D eigenvalue weighted by Gasteiger charge is 2.24. The van der Waals surface area contributed by atoms with E-state index in [1.54, 1.807) is 23.1 Å². The van der Waals surface area contributed by atoms with Gasteiger partial charge in [-0.25, -0.2) is 0 Å². The summed E-state index contributed by atoms with van der Waals surface area (Å²) in [6, 6.07) is 5.01. The molecule has 21 heavy (non-hydrogen) atoms. The van der Waals surface area contributed by atoms with E-state index in [9.17, 15) is 9.59 Å². The molecule has 0 spiro atoms. The Bertz CT molecular complexity index is 542. The zero-order chi connectivity index (χ0) is 15.4. The second-order valence-corrected chi connectivity index (χ2v) is 5.45. The van der Waals surface area contributed by atoms with Gasteiger partial charge in [-0.3, -0.25) is 14.5 Å². The molecule has 5 nitrogen and oxygen atoms in total. The molecule has 114 valence electrons. The number of rotatable bonds is 4. The van der Waals surface area contributed by atoms with Crippen molar-refractivity contribution in [3.05, 3.63) is 23.2 Å². The van der Waals surface area contributed by atoms with Crippen LogP contribution in [0.15, 0.2) is 18.2 Å². The Morgan fingerprint density at radius 1 is 1.33 bits per heavy atom. The Balaban J connectivity index is 2.24. The summed E-state index contributed by atoms with van der Waals surface area (Å²) in [6.07, 6.45) is 2.04. The van der Waals surface area contributed by atoms with Gasteiger partial charge in [0.25, 0.3) is 0 Å². The van der Waals surface area contributed by atoms with Crippen LogP contribution in [0.2, 0.25) is 5.02 Å². The third-order valence-corrected chi connectivity index (χ3v) is 3.80. The summed E-state index contributed by atoms with van der Waals surface area (Å²) in [7, 11) is 1.52. The lowest BCUT2D eigenvalue weighted by Crippen LogP contribution is -2.41. The number of nitrogens with zero attached hydrogens (tertiary/aromatic N) is 2. The topological polar surface area (TPSA) is 49.9 Å².